The largest absolute Gasteiger partial charge is 0.351 e. The summed E-state index contributed by atoms with van der Waals surface area (Å²) >= 11 is 5.14. The summed E-state index contributed by atoms with van der Waals surface area (Å²) in [5.41, 5.74) is 0. The smallest absolute Gasteiger partial charge is 0.190 e. The van der Waals surface area contributed by atoms with Crippen LogP contribution >= 0.6 is 12.2 Å². The van der Waals surface area contributed by atoms with Crippen LogP contribution in [0.3, 0.4) is 0 Å². The first kappa shape index (κ1) is 11.2. The van der Waals surface area contributed by atoms with Gasteiger partial charge in [-0.3, -0.25) is 9.13 Å². The van der Waals surface area contributed by atoms with Gasteiger partial charge in [0.15, 0.2) is 5.11 Å². The van der Waals surface area contributed by atoms with E-state index in [0.29, 0.717) is 5.11 Å². The van der Waals surface area contributed by atoms with Crippen LogP contribution in [0.2, 0.25) is 0 Å². The van der Waals surface area contributed by atoms with Crippen molar-refractivity contribution in [2.24, 2.45) is 0 Å². The van der Waals surface area contributed by atoms with Crippen LogP contribution in [0, 0.1) is 0 Å². The standard InChI is InChI=1S/C7H6N4S.C3H4N2/c12-7(10-3-1-8-5-10)11-4-2-9-6-11;1-2-5-3-4-1/h1-6H;1-3H,(H,4,5). The molecule has 0 saturated heterocycles. The molecule has 0 amide bonds. The van der Waals surface area contributed by atoms with Crippen LogP contribution in [0.5, 0.6) is 0 Å². The Balaban J connectivity index is 0.000000181. The topological polar surface area (TPSA) is 64.3 Å². The summed E-state index contributed by atoms with van der Waals surface area (Å²) in [6.45, 7) is 0. The minimum absolute atomic E-state index is 0.644. The van der Waals surface area contributed by atoms with Gasteiger partial charge < -0.3 is 4.98 Å². The van der Waals surface area contributed by atoms with E-state index in [9.17, 15) is 0 Å². The monoisotopic (exact) mass is 246 g/mol. The van der Waals surface area contributed by atoms with Crippen molar-refractivity contribution in [2.45, 2.75) is 0 Å². The zero-order valence-electron chi connectivity index (χ0n) is 8.84. The maximum absolute atomic E-state index is 5.14. The molecule has 17 heavy (non-hydrogen) atoms. The van der Waals surface area contributed by atoms with Gasteiger partial charge in [-0.15, -0.1) is 0 Å². The lowest BCUT2D eigenvalue weighted by molar-refractivity contribution is 1.03. The third-order valence-electron chi connectivity index (χ3n) is 1.86. The number of rotatable bonds is 0. The molecule has 0 aliphatic heterocycles. The summed E-state index contributed by atoms with van der Waals surface area (Å²) in [6, 6.07) is 0. The molecule has 1 N–H and O–H groups in total. The molecular formula is C10H10N6S. The van der Waals surface area contributed by atoms with Crippen molar-refractivity contribution in [3.63, 3.8) is 0 Å². The molecule has 3 aromatic heterocycles. The molecule has 0 spiro atoms. The third-order valence-corrected chi connectivity index (χ3v) is 2.28. The normalized spacial score (nSPS) is 9.41. The Bertz CT molecular complexity index is 472. The van der Waals surface area contributed by atoms with Crippen LogP contribution in [0.15, 0.2) is 56.2 Å². The molecule has 3 rings (SSSR count). The van der Waals surface area contributed by atoms with E-state index in [-0.39, 0.29) is 0 Å². The highest BCUT2D eigenvalue weighted by atomic mass is 32.1. The predicted molar refractivity (Wildman–Crippen MR) is 66.4 cm³/mol. The van der Waals surface area contributed by atoms with Crippen LogP contribution < -0.4 is 0 Å². The van der Waals surface area contributed by atoms with Crippen molar-refractivity contribution < 1.29 is 0 Å². The molecule has 0 fully saturated rings. The number of nitrogens with zero attached hydrogens (tertiary/aromatic N) is 5. The lowest BCUT2D eigenvalue weighted by Crippen LogP contribution is -2.15. The Morgan fingerprint density at radius 2 is 1.59 bits per heavy atom. The summed E-state index contributed by atoms with van der Waals surface area (Å²) in [5, 5.41) is 0.644. The molecule has 0 bridgehead atoms. The van der Waals surface area contributed by atoms with Gasteiger partial charge in [-0.2, -0.15) is 0 Å². The second-order valence-corrected chi connectivity index (χ2v) is 3.35. The first-order chi connectivity index (χ1) is 8.38. The van der Waals surface area contributed by atoms with Crippen molar-refractivity contribution >= 4 is 17.3 Å². The molecule has 0 saturated carbocycles. The molecule has 0 radical (unpaired) electrons. The lowest BCUT2D eigenvalue weighted by atomic mass is 10.8. The van der Waals surface area contributed by atoms with Crippen molar-refractivity contribution in [3.8, 4) is 0 Å². The molecule has 0 aliphatic rings. The fraction of sp³-hybridized carbons (Fsp3) is 0. The van der Waals surface area contributed by atoms with Crippen molar-refractivity contribution in [1.29, 1.82) is 0 Å². The Hall–Kier alpha value is -2.28. The Morgan fingerprint density at radius 1 is 0.941 bits per heavy atom. The van der Waals surface area contributed by atoms with Gasteiger partial charge in [-0.25, -0.2) is 15.0 Å². The molecule has 0 unspecified atom stereocenters. The summed E-state index contributed by atoms with van der Waals surface area (Å²) in [5.74, 6) is 0. The molecule has 7 heteroatoms. The maximum Gasteiger partial charge on any atom is 0.190 e. The van der Waals surface area contributed by atoms with Crippen LogP contribution in [-0.2, 0) is 0 Å². The van der Waals surface area contributed by atoms with Gasteiger partial charge in [0.25, 0.3) is 0 Å². The van der Waals surface area contributed by atoms with E-state index >= 15 is 0 Å². The maximum atomic E-state index is 5.14. The highest BCUT2D eigenvalue weighted by Gasteiger charge is 1.99. The molecule has 86 valence electrons. The number of H-pyrrole nitrogens is 1. The summed E-state index contributed by atoms with van der Waals surface area (Å²) in [7, 11) is 0. The Morgan fingerprint density at radius 3 is 1.88 bits per heavy atom. The van der Waals surface area contributed by atoms with Crippen LogP contribution in [0.4, 0.5) is 0 Å². The van der Waals surface area contributed by atoms with Gasteiger partial charge in [0.1, 0.15) is 12.7 Å². The van der Waals surface area contributed by atoms with Gasteiger partial charge in [-0.1, -0.05) is 0 Å². The van der Waals surface area contributed by atoms with E-state index in [1.54, 1.807) is 65.3 Å². The van der Waals surface area contributed by atoms with Gasteiger partial charge >= 0.3 is 0 Å². The van der Waals surface area contributed by atoms with E-state index < -0.39 is 0 Å². The number of nitrogens with one attached hydrogen (secondary N) is 1. The van der Waals surface area contributed by atoms with Crippen molar-refractivity contribution in [1.82, 2.24) is 29.1 Å². The van der Waals surface area contributed by atoms with Gasteiger partial charge in [-0.05, 0) is 12.2 Å². The summed E-state index contributed by atoms with van der Waals surface area (Å²) < 4.78 is 3.49. The molecule has 0 aliphatic carbocycles. The number of hydrogen-bond donors (Lipinski definition) is 1. The van der Waals surface area contributed by atoms with E-state index in [2.05, 4.69) is 19.9 Å². The highest BCUT2D eigenvalue weighted by molar-refractivity contribution is 7.80. The van der Waals surface area contributed by atoms with Crippen molar-refractivity contribution in [2.75, 3.05) is 0 Å². The number of hydrogen-bond acceptors (Lipinski definition) is 4. The second kappa shape index (κ2) is 5.71. The molecular weight excluding hydrogens is 236 g/mol. The fourth-order valence-corrected chi connectivity index (χ4v) is 1.31. The van der Waals surface area contributed by atoms with Gasteiger partial charge in [0.05, 0.1) is 6.33 Å². The molecule has 6 nitrogen and oxygen atoms in total. The van der Waals surface area contributed by atoms with Crippen LogP contribution in [-0.4, -0.2) is 34.2 Å². The number of thiocarbonyl (C=S) groups is 1. The first-order valence-electron chi connectivity index (χ1n) is 4.81. The first-order valence-corrected chi connectivity index (χ1v) is 5.22. The number of imidazole rings is 3. The highest BCUT2D eigenvalue weighted by Crippen LogP contribution is 1.92. The third kappa shape index (κ3) is 3.08. The molecule has 3 heterocycles. The predicted octanol–water partition coefficient (Wildman–Crippen LogP) is 1.17. The van der Waals surface area contributed by atoms with E-state index in [1.165, 1.54) is 0 Å². The van der Waals surface area contributed by atoms with Crippen LogP contribution in [0.25, 0.3) is 0 Å². The lowest BCUT2D eigenvalue weighted by Gasteiger charge is -2.02. The van der Waals surface area contributed by atoms with Crippen LogP contribution in [0.1, 0.15) is 0 Å². The van der Waals surface area contributed by atoms with Gasteiger partial charge in [0.2, 0.25) is 0 Å². The quantitative estimate of drug-likeness (QED) is 0.605. The molecule has 0 aromatic carbocycles. The number of aromatic amines is 1. The minimum Gasteiger partial charge on any atom is -0.351 e. The Labute approximate surface area is 103 Å². The van der Waals surface area contributed by atoms with E-state index in [4.69, 9.17) is 12.2 Å². The van der Waals surface area contributed by atoms with Crippen molar-refractivity contribution in [3.05, 3.63) is 56.2 Å². The summed E-state index contributed by atoms with van der Waals surface area (Å²) in [6.07, 6.45) is 15.3. The fourth-order valence-electron chi connectivity index (χ4n) is 1.09. The minimum atomic E-state index is 0.644. The Kier molecular flexibility index (Phi) is 3.77. The van der Waals surface area contributed by atoms with Gasteiger partial charge in [0, 0.05) is 37.2 Å². The average Bonchev–Trinajstić information content (AvgIpc) is 3.11. The van der Waals surface area contributed by atoms with E-state index in [0.717, 1.165) is 0 Å². The van der Waals surface area contributed by atoms with E-state index in [1.807, 2.05) is 0 Å². The summed E-state index contributed by atoms with van der Waals surface area (Å²) in [4.78, 5) is 14.2. The zero-order chi connectivity index (χ0) is 11.9. The molecule has 0 atom stereocenters. The molecule has 3 aromatic rings. The zero-order valence-corrected chi connectivity index (χ0v) is 9.66. The number of aromatic nitrogens is 6. The SMILES string of the molecule is S=C(n1ccnc1)n1ccnc1.c1c[nH]cn1. The second-order valence-electron chi connectivity index (χ2n) is 2.98. The average molecular weight is 246 g/mol.